The van der Waals surface area contributed by atoms with Gasteiger partial charge in [0.2, 0.25) is 0 Å². The fraction of sp³-hybridized carbons (Fsp3) is 0.357. The highest BCUT2D eigenvalue weighted by Crippen LogP contribution is 2.33. The average Bonchev–Trinajstić information content (AvgIpc) is 3.87. The van der Waals surface area contributed by atoms with Crippen LogP contribution in [0.3, 0.4) is 0 Å². The average molecular weight is 637 g/mol. The van der Waals surface area contributed by atoms with Crippen LogP contribution in [0.5, 0.6) is 0 Å². The minimum absolute atomic E-state index is 0.206. The van der Waals surface area contributed by atoms with Gasteiger partial charge >= 0.3 is 0 Å². The van der Waals surface area contributed by atoms with E-state index in [1.807, 2.05) is 0 Å². The molecule has 0 spiro atoms. The molecular formula is C42H48N6. The van der Waals surface area contributed by atoms with E-state index in [-0.39, 0.29) is 18.1 Å². The molecule has 0 saturated carbocycles. The predicted molar refractivity (Wildman–Crippen MR) is 203 cm³/mol. The number of hydrogen-bond donors (Lipinski definition) is 0. The van der Waals surface area contributed by atoms with E-state index in [4.69, 9.17) is 15.0 Å². The summed E-state index contributed by atoms with van der Waals surface area (Å²) in [5.41, 5.74) is 6.80. The molecule has 7 rings (SSSR count). The molecule has 0 saturated heterocycles. The fourth-order valence-electron chi connectivity index (χ4n) is 6.92. The molecule has 3 atom stereocenters. The van der Waals surface area contributed by atoms with Gasteiger partial charge in [-0.3, -0.25) is 15.0 Å². The first kappa shape index (κ1) is 31.9. The third-order valence-electron chi connectivity index (χ3n) is 9.96. The van der Waals surface area contributed by atoms with Crippen LogP contribution in [0, 0.1) is 17.8 Å². The zero-order valence-electron chi connectivity index (χ0n) is 29.2. The molecule has 4 aromatic carbocycles. The van der Waals surface area contributed by atoms with Crippen molar-refractivity contribution in [2.75, 3.05) is 34.3 Å². The number of para-hydroxylation sites is 3. The maximum Gasteiger partial charge on any atom is 0.135 e. The van der Waals surface area contributed by atoms with Crippen LogP contribution >= 0.6 is 0 Å². The molecule has 3 aliphatic rings. The first-order valence-corrected chi connectivity index (χ1v) is 17.6. The highest BCUT2D eigenvalue weighted by atomic mass is 15.3. The lowest BCUT2D eigenvalue weighted by Crippen LogP contribution is -2.34. The second-order valence-corrected chi connectivity index (χ2v) is 14.4. The van der Waals surface area contributed by atoms with Gasteiger partial charge in [0, 0.05) is 53.4 Å². The molecule has 0 bridgehead atoms. The van der Waals surface area contributed by atoms with Gasteiger partial charge in [0.25, 0.3) is 0 Å². The molecular weight excluding hydrogens is 589 g/mol. The second-order valence-electron chi connectivity index (χ2n) is 14.4. The minimum atomic E-state index is 0.206. The second kappa shape index (κ2) is 13.4. The molecule has 0 aliphatic carbocycles. The summed E-state index contributed by atoms with van der Waals surface area (Å²) in [7, 11) is 0. The zero-order chi connectivity index (χ0) is 33.4. The van der Waals surface area contributed by atoms with E-state index >= 15 is 0 Å². The van der Waals surface area contributed by atoms with Crippen molar-refractivity contribution >= 4 is 34.6 Å². The smallest absolute Gasteiger partial charge is 0.135 e. The summed E-state index contributed by atoms with van der Waals surface area (Å²) in [5.74, 6) is 4.32. The number of aliphatic imine (C=N–C) groups is 3. The van der Waals surface area contributed by atoms with Gasteiger partial charge in [-0.1, -0.05) is 96.1 Å². The van der Waals surface area contributed by atoms with Crippen LogP contribution in [0.4, 0.5) is 17.1 Å². The van der Waals surface area contributed by atoms with Crippen molar-refractivity contribution < 1.29 is 0 Å². The third kappa shape index (κ3) is 6.28. The van der Waals surface area contributed by atoms with Crippen LogP contribution in [0.15, 0.2) is 124 Å². The van der Waals surface area contributed by atoms with E-state index in [0.717, 1.165) is 53.8 Å². The Balaban J connectivity index is 1.43. The van der Waals surface area contributed by atoms with Crippen molar-refractivity contribution in [3.63, 3.8) is 0 Å². The molecule has 0 unspecified atom stereocenters. The van der Waals surface area contributed by atoms with Gasteiger partial charge in [0.05, 0.1) is 18.1 Å². The van der Waals surface area contributed by atoms with Crippen molar-refractivity contribution in [1.29, 1.82) is 0 Å². The van der Waals surface area contributed by atoms with Crippen LogP contribution in [0.1, 0.15) is 58.2 Å². The van der Waals surface area contributed by atoms with E-state index in [2.05, 4.69) is 165 Å². The quantitative estimate of drug-likeness (QED) is 0.185. The Labute approximate surface area is 286 Å². The van der Waals surface area contributed by atoms with E-state index in [1.165, 1.54) is 17.1 Å². The number of amidine groups is 3. The van der Waals surface area contributed by atoms with E-state index in [1.54, 1.807) is 0 Å². The SMILES string of the molecule is CC(C)[C@H]1CN(c2ccccc2)C(c2cc(C3=N[C@@H](C(C)C)CN3c3ccccc3)cc(C3=N[C@@H](C(C)C)CN3c3ccccc3)c2)=N1. The van der Waals surface area contributed by atoms with Crippen LogP contribution < -0.4 is 14.7 Å². The summed E-state index contributed by atoms with van der Waals surface area (Å²) in [6, 6.07) is 39.7. The molecule has 0 N–H and O–H groups in total. The molecule has 3 aliphatic heterocycles. The molecule has 246 valence electrons. The van der Waals surface area contributed by atoms with Crippen LogP contribution in [-0.2, 0) is 0 Å². The van der Waals surface area contributed by atoms with E-state index in [0.29, 0.717) is 17.8 Å². The molecule has 6 nitrogen and oxygen atoms in total. The van der Waals surface area contributed by atoms with Gasteiger partial charge in [0.15, 0.2) is 0 Å². The molecule has 0 aromatic heterocycles. The van der Waals surface area contributed by atoms with Gasteiger partial charge in [-0.15, -0.1) is 0 Å². The van der Waals surface area contributed by atoms with Crippen molar-refractivity contribution in [3.8, 4) is 0 Å². The van der Waals surface area contributed by atoms with Gasteiger partial charge in [0.1, 0.15) is 17.5 Å². The number of anilines is 3. The fourth-order valence-corrected chi connectivity index (χ4v) is 6.92. The zero-order valence-corrected chi connectivity index (χ0v) is 29.2. The first-order valence-electron chi connectivity index (χ1n) is 17.6. The Kier molecular flexibility index (Phi) is 8.91. The normalized spacial score (nSPS) is 21.1. The highest BCUT2D eigenvalue weighted by Gasteiger charge is 2.35. The highest BCUT2D eigenvalue weighted by molar-refractivity contribution is 6.19. The standard InChI is InChI=1S/C42H48N6/c1-28(2)37-25-46(34-16-10-7-11-17-34)40(43-37)31-22-32(41-44-38(29(3)4)26-47(41)35-18-12-8-13-19-35)24-33(23-31)42-45-39(30(5)6)27-48(42)36-20-14-9-15-21-36/h7-24,28-30,37-39H,25-27H2,1-6H3/t37-,38-,39-/m1/s1. The monoisotopic (exact) mass is 636 g/mol. The summed E-state index contributed by atoms with van der Waals surface area (Å²) in [6.45, 7) is 16.2. The van der Waals surface area contributed by atoms with Crippen molar-refractivity contribution in [2.45, 2.75) is 59.7 Å². The molecule has 48 heavy (non-hydrogen) atoms. The Morgan fingerprint density at radius 3 is 0.896 bits per heavy atom. The molecule has 0 amide bonds. The summed E-state index contributed by atoms with van der Waals surface area (Å²) < 4.78 is 0. The number of rotatable bonds is 9. The van der Waals surface area contributed by atoms with Crippen molar-refractivity contribution in [1.82, 2.24) is 0 Å². The molecule has 3 heterocycles. The molecule has 6 heteroatoms. The number of benzene rings is 4. The summed E-state index contributed by atoms with van der Waals surface area (Å²) in [6.07, 6.45) is 0. The maximum atomic E-state index is 5.43. The number of hydrogen-bond acceptors (Lipinski definition) is 6. The maximum absolute atomic E-state index is 5.43. The summed E-state index contributed by atoms with van der Waals surface area (Å²) >= 11 is 0. The lowest BCUT2D eigenvalue weighted by atomic mass is 10.0. The van der Waals surface area contributed by atoms with E-state index in [9.17, 15) is 0 Å². The third-order valence-corrected chi connectivity index (χ3v) is 9.96. The van der Waals surface area contributed by atoms with Crippen molar-refractivity contribution in [3.05, 3.63) is 126 Å². The summed E-state index contributed by atoms with van der Waals surface area (Å²) in [5, 5.41) is 0. The first-order chi connectivity index (χ1) is 23.3. The van der Waals surface area contributed by atoms with Crippen LogP contribution in [0.25, 0.3) is 0 Å². The van der Waals surface area contributed by atoms with Gasteiger partial charge in [-0.25, -0.2) is 0 Å². The van der Waals surface area contributed by atoms with Crippen molar-refractivity contribution in [2.24, 2.45) is 32.7 Å². The van der Waals surface area contributed by atoms with Crippen LogP contribution in [-0.4, -0.2) is 55.3 Å². The lowest BCUT2D eigenvalue weighted by Gasteiger charge is -2.26. The van der Waals surface area contributed by atoms with Gasteiger partial charge in [-0.05, 0) is 72.4 Å². The van der Waals surface area contributed by atoms with Crippen LogP contribution in [0.2, 0.25) is 0 Å². The Hall–Kier alpha value is -4.71. The predicted octanol–water partition coefficient (Wildman–Crippen LogP) is 8.56. The molecule has 0 fully saturated rings. The molecule has 4 aromatic rings. The van der Waals surface area contributed by atoms with Gasteiger partial charge in [-0.2, -0.15) is 0 Å². The lowest BCUT2D eigenvalue weighted by molar-refractivity contribution is 0.521. The van der Waals surface area contributed by atoms with Gasteiger partial charge < -0.3 is 14.7 Å². The minimum Gasteiger partial charge on any atom is -0.324 e. The Morgan fingerprint density at radius 2 is 0.667 bits per heavy atom. The largest absolute Gasteiger partial charge is 0.324 e. The number of nitrogens with zero attached hydrogens (tertiary/aromatic N) is 6. The van der Waals surface area contributed by atoms with E-state index < -0.39 is 0 Å². The Bertz CT molecular complexity index is 1580. The Morgan fingerprint density at radius 1 is 0.417 bits per heavy atom. The molecule has 0 radical (unpaired) electrons. The topological polar surface area (TPSA) is 46.8 Å². The summed E-state index contributed by atoms with van der Waals surface area (Å²) in [4.78, 5) is 23.5.